The van der Waals surface area contributed by atoms with Crippen LogP contribution in [0, 0.1) is 6.92 Å². The monoisotopic (exact) mass is 272 g/mol. The number of benzene rings is 1. The van der Waals surface area contributed by atoms with E-state index in [0.29, 0.717) is 11.4 Å². The Morgan fingerprint density at radius 2 is 2.21 bits per heavy atom. The van der Waals surface area contributed by atoms with Gasteiger partial charge < -0.3 is 4.90 Å². The van der Waals surface area contributed by atoms with E-state index in [-0.39, 0.29) is 5.91 Å². The van der Waals surface area contributed by atoms with Crippen molar-refractivity contribution in [3.05, 3.63) is 33.6 Å². The van der Waals surface area contributed by atoms with Crippen molar-refractivity contribution in [1.29, 1.82) is 0 Å². The van der Waals surface area contributed by atoms with Gasteiger partial charge in [-0.1, -0.05) is 6.07 Å². The molecular weight excluding hydrogens is 260 g/mol. The number of rotatable bonds is 2. The summed E-state index contributed by atoms with van der Waals surface area (Å²) in [6.45, 7) is 1.95. The zero-order valence-electron chi connectivity index (χ0n) is 10.6. The van der Waals surface area contributed by atoms with Crippen LogP contribution < -0.4 is 4.90 Å². The first kappa shape index (κ1) is 12.0. The molecule has 96 valence electrons. The second kappa shape index (κ2) is 4.28. The minimum atomic E-state index is 0.107. The Balaban J connectivity index is 2.08. The molecule has 4 nitrogen and oxygen atoms in total. The van der Waals surface area contributed by atoms with Crippen LogP contribution in [-0.2, 0) is 11.2 Å². The van der Waals surface area contributed by atoms with E-state index in [0.717, 1.165) is 33.7 Å². The number of carbonyl (C=O) groups excluding carboxylic acids is 2. The Kier molecular flexibility index (Phi) is 2.71. The fourth-order valence-electron chi connectivity index (χ4n) is 2.35. The summed E-state index contributed by atoms with van der Waals surface area (Å²) < 4.78 is 0. The normalized spacial score (nSPS) is 13.8. The van der Waals surface area contributed by atoms with E-state index >= 15 is 0 Å². The van der Waals surface area contributed by atoms with Gasteiger partial charge in [-0.15, -0.1) is 11.3 Å². The molecule has 0 saturated carbocycles. The molecule has 1 amide bonds. The Morgan fingerprint density at radius 1 is 1.42 bits per heavy atom. The van der Waals surface area contributed by atoms with E-state index < -0.39 is 0 Å². The van der Waals surface area contributed by atoms with Crippen LogP contribution in [0.2, 0.25) is 0 Å². The lowest BCUT2D eigenvalue weighted by Gasteiger charge is -2.10. The number of fused-ring (bicyclic) bond motifs is 1. The maximum atomic E-state index is 11.7. The molecule has 0 bridgehead atoms. The largest absolute Gasteiger partial charge is 0.315 e. The summed E-state index contributed by atoms with van der Waals surface area (Å²) in [4.78, 5) is 29.4. The van der Waals surface area contributed by atoms with Crippen LogP contribution in [0.5, 0.6) is 0 Å². The first-order valence-corrected chi connectivity index (χ1v) is 6.74. The van der Waals surface area contributed by atoms with Crippen molar-refractivity contribution in [3.8, 4) is 11.3 Å². The Bertz CT molecular complexity index is 691. The second-order valence-corrected chi connectivity index (χ2v) is 5.78. The Hall–Kier alpha value is -2.01. The summed E-state index contributed by atoms with van der Waals surface area (Å²) in [5.74, 6) is 0.107. The summed E-state index contributed by atoms with van der Waals surface area (Å²) >= 11 is 1.39. The fourth-order valence-corrected chi connectivity index (χ4v) is 3.11. The molecule has 0 radical (unpaired) electrons. The number of amides is 1. The van der Waals surface area contributed by atoms with E-state index in [1.165, 1.54) is 11.3 Å². The van der Waals surface area contributed by atoms with Gasteiger partial charge in [0.05, 0.1) is 12.1 Å². The number of aromatic nitrogens is 1. The first-order chi connectivity index (χ1) is 9.10. The molecule has 0 N–H and O–H groups in total. The van der Waals surface area contributed by atoms with E-state index in [4.69, 9.17) is 0 Å². The predicted octanol–water partition coefficient (Wildman–Crippen LogP) is 2.45. The van der Waals surface area contributed by atoms with Crippen molar-refractivity contribution in [1.82, 2.24) is 4.98 Å². The SMILES string of the molecule is Cc1sc(C=O)nc1-c1ccc2c(c1)CC(=O)N2C. The zero-order chi connectivity index (χ0) is 13.6. The molecule has 0 atom stereocenters. The van der Waals surface area contributed by atoms with Crippen LogP contribution in [0.4, 0.5) is 5.69 Å². The van der Waals surface area contributed by atoms with Crippen LogP contribution >= 0.6 is 11.3 Å². The Morgan fingerprint density at radius 3 is 2.89 bits per heavy atom. The third kappa shape index (κ3) is 1.86. The molecular formula is C14H12N2O2S. The number of aldehydes is 1. The number of aryl methyl sites for hydroxylation is 1. The minimum absolute atomic E-state index is 0.107. The van der Waals surface area contributed by atoms with Gasteiger partial charge in [-0.2, -0.15) is 0 Å². The van der Waals surface area contributed by atoms with Crippen molar-refractivity contribution < 1.29 is 9.59 Å². The lowest BCUT2D eigenvalue weighted by atomic mass is 10.1. The van der Waals surface area contributed by atoms with Crippen LogP contribution in [0.15, 0.2) is 18.2 Å². The molecule has 0 unspecified atom stereocenters. The highest BCUT2D eigenvalue weighted by Crippen LogP contribution is 2.33. The van der Waals surface area contributed by atoms with Crippen LogP contribution in [-0.4, -0.2) is 24.2 Å². The van der Waals surface area contributed by atoms with Gasteiger partial charge in [-0.25, -0.2) is 4.98 Å². The lowest BCUT2D eigenvalue weighted by Crippen LogP contribution is -2.20. The van der Waals surface area contributed by atoms with Crippen molar-refractivity contribution in [2.24, 2.45) is 0 Å². The number of anilines is 1. The van der Waals surface area contributed by atoms with Gasteiger partial charge >= 0.3 is 0 Å². The van der Waals surface area contributed by atoms with Crippen LogP contribution in [0.1, 0.15) is 20.2 Å². The molecule has 0 aliphatic carbocycles. The van der Waals surface area contributed by atoms with E-state index in [1.54, 1.807) is 11.9 Å². The molecule has 1 aromatic heterocycles. The number of hydrogen-bond donors (Lipinski definition) is 0. The summed E-state index contributed by atoms with van der Waals surface area (Å²) in [6.07, 6.45) is 1.20. The molecule has 2 heterocycles. The van der Waals surface area contributed by atoms with Crippen LogP contribution in [0.3, 0.4) is 0 Å². The molecule has 1 aliphatic heterocycles. The lowest BCUT2D eigenvalue weighted by molar-refractivity contribution is -0.117. The van der Waals surface area contributed by atoms with E-state index in [2.05, 4.69) is 4.98 Å². The third-order valence-electron chi connectivity index (χ3n) is 3.34. The Labute approximate surface area is 114 Å². The summed E-state index contributed by atoms with van der Waals surface area (Å²) in [6, 6.07) is 5.88. The highest BCUT2D eigenvalue weighted by Gasteiger charge is 2.24. The number of likely N-dealkylation sites (N-methyl/N-ethyl adjacent to an activating group) is 1. The maximum Gasteiger partial charge on any atom is 0.231 e. The van der Waals surface area contributed by atoms with E-state index in [1.807, 2.05) is 25.1 Å². The van der Waals surface area contributed by atoms with Crippen LogP contribution in [0.25, 0.3) is 11.3 Å². The number of thiazole rings is 1. The number of hydrogen-bond acceptors (Lipinski definition) is 4. The highest BCUT2D eigenvalue weighted by molar-refractivity contribution is 7.13. The molecule has 0 saturated heterocycles. The smallest absolute Gasteiger partial charge is 0.231 e. The molecule has 0 spiro atoms. The van der Waals surface area contributed by atoms with Crippen molar-refractivity contribution >= 4 is 29.2 Å². The summed E-state index contributed by atoms with van der Waals surface area (Å²) in [5.41, 5.74) is 3.77. The topological polar surface area (TPSA) is 50.3 Å². The first-order valence-electron chi connectivity index (χ1n) is 5.92. The van der Waals surface area contributed by atoms with Gasteiger partial charge in [0.25, 0.3) is 0 Å². The van der Waals surface area contributed by atoms with Gasteiger partial charge in [0.1, 0.15) is 0 Å². The van der Waals surface area contributed by atoms with Gasteiger partial charge in [0.15, 0.2) is 11.3 Å². The van der Waals surface area contributed by atoms with Gasteiger partial charge in [-0.3, -0.25) is 9.59 Å². The van der Waals surface area contributed by atoms with Crippen molar-refractivity contribution in [2.75, 3.05) is 11.9 Å². The quantitative estimate of drug-likeness (QED) is 0.789. The molecule has 5 heteroatoms. The molecule has 3 rings (SSSR count). The van der Waals surface area contributed by atoms with E-state index in [9.17, 15) is 9.59 Å². The predicted molar refractivity (Wildman–Crippen MR) is 74.8 cm³/mol. The zero-order valence-corrected chi connectivity index (χ0v) is 11.5. The van der Waals surface area contributed by atoms with Gasteiger partial charge in [0.2, 0.25) is 5.91 Å². The highest BCUT2D eigenvalue weighted by atomic mass is 32.1. The fraction of sp³-hybridized carbons (Fsp3) is 0.214. The second-order valence-electron chi connectivity index (χ2n) is 4.55. The molecule has 1 aromatic carbocycles. The average Bonchev–Trinajstić information content (AvgIpc) is 2.91. The molecule has 1 aliphatic rings. The average molecular weight is 272 g/mol. The minimum Gasteiger partial charge on any atom is -0.315 e. The van der Waals surface area contributed by atoms with Crippen molar-refractivity contribution in [2.45, 2.75) is 13.3 Å². The number of nitrogens with zero attached hydrogens (tertiary/aromatic N) is 2. The number of carbonyl (C=O) groups is 2. The molecule has 0 fully saturated rings. The maximum absolute atomic E-state index is 11.7. The molecule has 19 heavy (non-hydrogen) atoms. The van der Waals surface area contributed by atoms with Crippen molar-refractivity contribution in [3.63, 3.8) is 0 Å². The summed E-state index contributed by atoms with van der Waals surface area (Å²) in [5, 5.41) is 0.487. The molecule has 2 aromatic rings. The standard InChI is InChI=1S/C14H12N2O2S/c1-8-14(15-12(7-17)19-8)9-3-4-11-10(5-9)6-13(18)16(11)2/h3-5,7H,6H2,1-2H3. The van der Waals surface area contributed by atoms with Gasteiger partial charge in [0, 0.05) is 23.2 Å². The summed E-state index contributed by atoms with van der Waals surface area (Å²) in [7, 11) is 1.78. The third-order valence-corrected chi connectivity index (χ3v) is 4.24. The van der Waals surface area contributed by atoms with Gasteiger partial charge in [-0.05, 0) is 24.6 Å².